The molecule has 2 aromatic rings. The normalized spacial score (nSPS) is 20.3. The Balaban J connectivity index is 1.67. The monoisotopic (exact) mass is 858 g/mol. The molecule has 0 spiro atoms. The predicted molar refractivity (Wildman–Crippen MR) is 224 cm³/mol. The van der Waals surface area contributed by atoms with Crippen molar-refractivity contribution in [2.75, 3.05) is 71.9 Å². The number of benzene rings is 2. The topological polar surface area (TPSA) is 192 Å². The van der Waals surface area contributed by atoms with Crippen molar-refractivity contribution in [2.45, 2.75) is 79.9 Å². The number of ether oxygens (including phenoxy) is 4. The van der Waals surface area contributed by atoms with Crippen molar-refractivity contribution in [3.8, 4) is 0 Å². The number of hydrogen-bond acceptors (Lipinski definition) is 11. The van der Waals surface area contributed by atoms with E-state index in [2.05, 4.69) is 9.48 Å². The van der Waals surface area contributed by atoms with E-state index in [1.807, 2.05) is 63.3 Å². The van der Waals surface area contributed by atoms with Crippen LogP contribution in [0.4, 0.5) is 11.4 Å². The SMILES string of the molecule is CCN1/C(=C/C=C/C=C/C=C/C2=[N+](CCCCCC(=O)O)c3ccc(S(=O)(=O)[O-])cc3C2(C)CCOCCOC)C(C)(CCOCCOC)c2cc(S(=O)(=O)O)ccc21. The molecular formula is C43H58N2O12S2. The Labute approximate surface area is 349 Å². The lowest BCUT2D eigenvalue weighted by Crippen LogP contribution is -2.33. The molecule has 0 amide bonds. The second-order valence-electron chi connectivity index (χ2n) is 14.8. The number of carbonyl (C=O) groups is 1. The number of carboxylic acids is 1. The maximum atomic E-state index is 12.1. The molecule has 2 heterocycles. The summed E-state index contributed by atoms with van der Waals surface area (Å²) in [6, 6.07) is 9.12. The number of hydrogen-bond donors (Lipinski definition) is 2. The Bertz CT molecular complexity index is 2160. The van der Waals surface area contributed by atoms with E-state index in [1.165, 1.54) is 24.3 Å². The molecule has 2 atom stereocenters. The molecule has 0 saturated heterocycles. The molecule has 0 fully saturated rings. The van der Waals surface area contributed by atoms with Crippen LogP contribution in [0, 0.1) is 0 Å². The van der Waals surface area contributed by atoms with E-state index in [0.717, 1.165) is 28.3 Å². The lowest BCUT2D eigenvalue weighted by Gasteiger charge is -2.30. The summed E-state index contributed by atoms with van der Waals surface area (Å²) in [4.78, 5) is 12.8. The van der Waals surface area contributed by atoms with Gasteiger partial charge in [-0.15, -0.1) is 0 Å². The quantitative estimate of drug-likeness (QED) is 0.0490. The zero-order valence-corrected chi connectivity index (χ0v) is 36.2. The van der Waals surface area contributed by atoms with Crippen LogP contribution < -0.4 is 4.90 Å². The molecule has 2 aliphatic rings. The van der Waals surface area contributed by atoms with Crippen LogP contribution in [0.5, 0.6) is 0 Å². The van der Waals surface area contributed by atoms with Crippen molar-refractivity contribution in [3.63, 3.8) is 0 Å². The van der Waals surface area contributed by atoms with Gasteiger partial charge in [-0.2, -0.15) is 13.0 Å². The molecule has 0 aromatic heterocycles. The van der Waals surface area contributed by atoms with Crippen molar-refractivity contribution in [1.29, 1.82) is 0 Å². The van der Waals surface area contributed by atoms with Crippen molar-refractivity contribution < 1.29 is 59.4 Å². The molecule has 14 nitrogen and oxygen atoms in total. The van der Waals surface area contributed by atoms with Crippen LogP contribution in [0.3, 0.4) is 0 Å². The van der Waals surface area contributed by atoms with Gasteiger partial charge >= 0.3 is 5.97 Å². The maximum absolute atomic E-state index is 12.1. The first-order valence-corrected chi connectivity index (χ1v) is 22.6. The Morgan fingerprint density at radius 2 is 1.41 bits per heavy atom. The zero-order valence-electron chi connectivity index (χ0n) is 34.6. The number of nitrogens with zero attached hydrogens (tertiary/aromatic N) is 2. The highest BCUT2D eigenvalue weighted by molar-refractivity contribution is 7.86. The van der Waals surface area contributed by atoms with Gasteiger partial charge in [-0.25, -0.2) is 8.42 Å². The van der Waals surface area contributed by atoms with Gasteiger partial charge in [0.1, 0.15) is 16.7 Å². The van der Waals surface area contributed by atoms with Crippen LogP contribution in [0.2, 0.25) is 0 Å². The number of methoxy groups -OCH3 is 2. The summed E-state index contributed by atoms with van der Waals surface area (Å²) < 4.78 is 94.5. The molecule has 16 heteroatoms. The molecule has 2 aromatic carbocycles. The van der Waals surface area contributed by atoms with E-state index in [1.54, 1.807) is 26.4 Å². The Morgan fingerprint density at radius 3 is 2.02 bits per heavy atom. The van der Waals surface area contributed by atoms with E-state index in [-0.39, 0.29) is 16.2 Å². The third-order valence-corrected chi connectivity index (χ3v) is 12.6. The van der Waals surface area contributed by atoms with Gasteiger partial charge in [-0.05, 0) is 88.4 Å². The van der Waals surface area contributed by atoms with Crippen molar-refractivity contribution >= 4 is 43.3 Å². The van der Waals surface area contributed by atoms with E-state index in [0.29, 0.717) is 90.4 Å². The molecule has 59 heavy (non-hydrogen) atoms. The van der Waals surface area contributed by atoms with Crippen LogP contribution in [-0.4, -0.2) is 114 Å². The number of likely N-dealkylation sites (N-methyl/N-ethyl adjacent to an activating group) is 1. The summed E-state index contributed by atoms with van der Waals surface area (Å²) in [6.07, 6.45) is 16.4. The lowest BCUT2D eigenvalue weighted by atomic mass is 9.76. The summed E-state index contributed by atoms with van der Waals surface area (Å²) in [5.41, 5.74) is 3.55. The number of rotatable bonds is 25. The molecule has 2 N–H and O–H groups in total. The smallest absolute Gasteiger partial charge is 0.303 e. The van der Waals surface area contributed by atoms with Gasteiger partial charge in [0.2, 0.25) is 5.69 Å². The number of carboxylic acid groups (broad SMARTS) is 1. The molecular weight excluding hydrogens is 801 g/mol. The number of anilines is 1. The Kier molecular flexibility index (Phi) is 17.4. The van der Waals surface area contributed by atoms with Crippen LogP contribution in [0.25, 0.3) is 0 Å². The first-order chi connectivity index (χ1) is 28.0. The van der Waals surface area contributed by atoms with Gasteiger partial charge < -0.3 is 33.5 Å². The van der Waals surface area contributed by atoms with Crippen molar-refractivity contribution in [1.82, 2.24) is 0 Å². The second-order valence-corrected chi connectivity index (χ2v) is 17.6. The number of aliphatic carboxylic acids is 1. The minimum Gasteiger partial charge on any atom is -0.744 e. The van der Waals surface area contributed by atoms with Gasteiger partial charge in [0.25, 0.3) is 10.1 Å². The van der Waals surface area contributed by atoms with E-state index < -0.39 is 37.0 Å². The molecule has 2 unspecified atom stereocenters. The standard InChI is InChI=1S/C43H58N2O12S2/c1-6-44-37-20-18-33(58(48,49)50)31-35(37)42(2,22-25-56-29-27-54-4)39(44)15-11-8-7-9-12-16-40-43(3,23-26-57-30-28-55-5)36-32-34(59(51,52)53)19-21-38(36)45(40)24-14-10-13-17-41(46)47/h7-9,11-12,15-16,18-21,31-32H,6,10,13-14,17,22-30H2,1-5H3,(H2-,46,47,48,49,50,51,52,53). The van der Waals surface area contributed by atoms with Crippen LogP contribution in [0.15, 0.2) is 94.4 Å². The summed E-state index contributed by atoms with van der Waals surface area (Å²) in [5.74, 6) is -0.848. The van der Waals surface area contributed by atoms with Gasteiger partial charge in [0.05, 0.1) is 41.6 Å². The number of fused-ring (bicyclic) bond motifs is 2. The fraction of sp³-hybridized carbons (Fsp3) is 0.488. The molecule has 2 aliphatic heterocycles. The summed E-state index contributed by atoms with van der Waals surface area (Å²) in [5, 5.41) is 9.13. The van der Waals surface area contributed by atoms with Crippen LogP contribution >= 0.6 is 0 Å². The van der Waals surface area contributed by atoms with Crippen LogP contribution in [0.1, 0.15) is 70.4 Å². The fourth-order valence-corrected chi connectivity index (χ4v) is 8.74. The number of allylic oxidation sites excluding steroid dienone is 8. The first kappa shape index (κ1) is 47.7. The fourth-order valence-electron chi connectivity index (χ4n) is 7.74. The average Bonchev–Trinajstić information content (AvgIpc) is 3.56. The highest BCUT2D eigenvalue weighted by Gasteiger charge is 2.48. The molecule has 0 aliphatic carbocycles. The lowest BCUT2D eigenvalue weighted by molar-refractivity contribution is -0.438. The highest BCUT2D eigenvalue weighted by Crippen LogP contribution is 2.50. The average molecular weight is 859 g/mol. The molecule has 0 saturated carbocycles. The molecule has 324 valence electrons. The third-order valence-electron chi connectivity index (χ3n) is 10.9. The third kappa shape index (κ3) is 12.1. The zero-order chi connectivity index (χ0) is 43.3. The molecule has 4 rings (SSSR count). The Hall–Kier alpha value is -4.00. The van der Waals surface area contributed by atoms with Crippen LogP contribution in [-0.2, 0) is 54.8 Å². The predicted octanol–water partition coefficient (Wildman–Crippen LogP) is 6.30. The Morgan fingerprint density at radius 1 is 0.797 bits per heavy atom. The second kappa shape index (κ2) is 21.5. The first-order valence-electron chi connectivity index (χ1n) is 19.7. The van der Waals surface area contributed by atoms with E-state index in [9.17, 15) is 30.7 Å². The molecule has 0 bridgehead atoms. The number of unbranched alkanes of at least 4 members (excludes halogenated alkanes) is 2. The van der Waals surface area contributed by atoms with E-state index >= 15 is 0 Å². The van der Waals surface area contributed by atoms with Crippen molar-refractivity contribution in [3.05, 3.63) is 95.8 Å². The largest absolute Gasteiger partial charge is 0.744 e. The van der Waals surface area contributed by atoms with Crippen molar-refractivity contribution in [2.24, 2.45) is 0 Å². The van der Waals surface area contributed by atoms with Gasteiger partial charge in [0.15, 0.2) is 5.71 Å². The summed E-state index contributed by atoms with van der Waals surface area (Å²) in [6.45, 7) is 9.63. The van der Waals surface area contributed by atoms with E-state index in [4.69, 9.17) is 24.1 Å². The summed E-state index contributed by atoms with van der Waals surface area (Å²) in [7, 11) is -5.96. The molecule has 0 radical (unpaired) electrons. The highest BCUT2D eigenvalue weighted by atomic mass is 32.2. The van der Waals surface area contributed by atoms with Gasteiger partial charge in [-0.3, -0.25) is 9.35 Å². The minimum absolute atomic E-state index is 0.0736. The maximum Gasteiger partial charge on any atom is 0.303 e. The van der Waals surface area contributed by atoms with Gasteiger partial charge in [-0.1, -0.05) is 30.4 Å². The minimum atomic E-state index is -4.73. The van der Waals surface area contributed by atoms with Gasteiger partial charge in [0, 0.05) is 81.3 Å². The summed E-state index contributed by atoms with van der Waals surface area (Å²) >= 11 is 0.